The van der Waals surface area contributed by atoms with E-state index in [1.807, 2.05) is 6.92 Å². The van der Waals surface area contributed by atoms with Gasteiger partial charge >= 0.3 is 5.97 Å². The summed E-state index contributed by atoms with van der Waals surface area (Å²) in [7, 11) is -0.466. The second-order valence-electron chi connectivity index (χ2n) is 5.30. The van der Waals surface area contributed by atoms with Gasteiger partial charge in [0.05, 0.1) is 7.11 Å². The lowest BCUT2D eigenvalue weighted by Gasteiger charge is -2.38. The van der Waals surface area contributed by atoms with Crippen molar-refractivity contribution in [2.75, 3.05) is 7.11 Å². The van der Waals surface area contributed by atoms with E-state index in [1.54, 1.807) is 0 Å². The second kappa shape index (κ2) is 5.12. The molecule has 0 spiro atoms. The third-order valence-electron chi connectivity index (χ3n) is 3.08. The minimum Gasteiger partial charge on any atom is -0.467 e. The van der Waals surface area contributed by atoms with Gasteiger partial charge in [0.1, 0.15) is 6.10 Å². The van der Waals surface area contributed by atoms with Gasteiger partial charge in [0, 0.05) is 0 Å². The molecular weight excluding hydrogens is 208 g/mol. The largest absolute Gasteiger partial charge is 0.467 e. The van der Waals surface area contributed by atoms with Gasteiger partial charge in [-0.05, 0) is 24.6 Å². The quantitative estimate of drug-likeness (QED) is 0.552. The Morgan fingerprint density at radius 2 is 1.80 bits per heavy atom. The summed E-state index contributed by atoms with van der Waals surface area (Å²) >= 11 is 0. The molecule has 1 atom stereocenters. The van der Waals surface area contributed by atoms with E-state index in [9.17, 15) is 4.79 Å². The van der Waals surface area contributed by atoms with E-state index in [1.165, 1.54) is 7.11 Å². The number of rotatable bonds is 4. The van der Waals surface area contributed by atoms with Gasteiger partial charge in [-0.2, -0.15) is 0 Å². The van der Waals surface area contributed by atoms with E-state index in [2.05, 4.69) is 33.9 Å². The number of ether oxygens (including phenoxy) is 1. The molecule has 0 unspecified atom stereocenters. The van der Waals surface area contributed by atoms with Crippen LogP contribution in [0.4, 0.5) is 0 Å². The number of hydrogen-bond donors (Lipinski definition) is 0. The zero-order valence-corrected chi connectivity index (χ0v) is 12.0. The van der Waals surface area contributed by atoms with Crippen molar-refractivity contribution >= 4 is 14.3 Å². The monoisotopic (exact) mass is 232 g/mol. The Bertz CT molecular complexity index is 218. The third-order valence-corrected chi connectivity index (χ3v) is 7.56. The summed E-state index contributed by atoms with van der Waals surface area (Å²) in [6, 6.07) is 0. The zero-order chi connectivity index (χ0) is 12.3. The van der Waals surface area contributed by atoms with Crippen molar-refractivity contribution in [1.82, 2.24) is 0 Å². The molecular formula is C11H24O3Si. The molecule has 4 heteroatoms. The molecule has 0 aliphatic carbocycles. The van der Waals surface area contributed by atoms with Crippen molar-refractivity contribution in [3.63, 3.8) is 0 Å². The van der Waals surface area contributed by atoms with E-state index >= 15 is 0 Å². The normalized spacial score (nSPS) is 14.9. The van der Waals surface area contributed by atoms with Crippen LogP contribution in [0.15, 0.2) is 0 Å². The molecule has 0 saturated carbocycles. The maximum atomic E-state index is 11.4. The molecule has 0 aliphatic heterocycles. The summed E-state index contributed by atoms with van der Waals surface area (Å²) < 4.78 is 10.7. The third kappa shape index (κ3) is 3.95. The van der Waals surface area contributed by atoms with Crippen LogP contribution in [0, 0.1) is 0 Å². The van der Waals surface area contributed by atoms with Crippen molar-refractivity contribution in [3.8, 4) is 0 Å². The fraction of sp³-hybridized carbons (Fsp3) is 0.909. The standard InChI is InChI=1S/C11H24O3Si/c1-8-9(10(12)13-5)14-15(6,7)11(2,3)4/h9H,8H2,1-7H3/t9-/m0/s1. The number of carbonyl (C=O) groups excluding carboxylic acids is 1. The fourth-order valence-corrected chi connectivity index (χ4v) is 2.29. The van der Waals surface area contributed by atoms with Gasteiger partial charge in [-0.3, -0.25) is 0 Å². The molecule has 0 radical (unpaired) electrons. The van der Waals surface area contributed by atoms with Crippen LogP contribution in [0.1, 0.15) is 34.1 Å². The highest BCUT2D eigenvalue weighted by Crippen LogP contribution is 2.37. The molecule has 0 saturated heterocycles. The summed E-state index contributed by atoms with van der Waals surface area (Å²) in [5.74, 6) is -0.262. The Morgan fingerprint density at radius 1 is 1.33 bits per heavy atom. The van der Waals surface area contributed by atoms with Crippen molar-refractivity contribution < 1.29 is 14.0 Å². The first-order chi connectivity index (χ1) is 6.65. The van der Waals surface area contributed by atoms with Gasteiger partial charge in [-0.25, -0.2) is 4.79 Å². The van der Waals surface area contributed by atoms with Crippen molar-refractivity contribution in [2.45, 2.75) is 58.4 Å². The van der Waals surface area contributed by atoms with Crippen molar-refractivity contribution in [3.05, 3.63) is 0 Å². The van der Waals surface area contributed by atoms with Crippen LogP contribution in [-0.2, 0) is 14.0 Å². The lowest BCUT2D eigenvalue weighted by molar-refractivity contribution is -0.149. The van der Waals surface area contributed by atoms with Crippen LogP contribution in [0.2, 0.25) is 18.1 Å². The average Bonchev–Trinajstić information content (AvgIpc) is 2.11. The molecule has 0 aromatic heterocycles. The predicted octanol–water partition coefficient (Wildman–Crippen LogP) is 2.96. The van der Waals surface area contributed by atoms with Crippen molar-refractivity contribution in [1.29, 1.82) is 0 Å². The fourth-order valence-electron chi connectivity index (χ4n) is 0.962. The van der Waals surface area contributed by atoms with E-state index in [0.29, 0.717) is 6.42 Å². The molecule has 15 heavy (non-hydrogen) atoms. The highest BCUT2D eigenvalue weighted by Gasteiger charge is 2.40. The summed E-state index contributed by atoms with van der Waals surface area (Å²) in [5.41, 5.74) is 0. The minimum absolute atomic E-state index is 0.119. The minimum atomic E-state index is -1.87. The van der Waals surface area contributed by atoms with Crippen LogP contribution in [0.3, 0.4) is 0 Å². The average molecular weight is 232 g/mol. The van der Waals surface area contributed by atoms with E-state index in [0.717, 1.165) is 0 Å². The Kier molecular flexibility index (Phi) is 5.00. The molecule has 0 aromatic carbocycles. The van der Waals surface area contributed by atoms with Crippen LogP contribution in [0.25, 0.3) is 0 Å². The van der Waals surface area contributed by atoms with Crippen LogP contribution in [0.5, 0.6) is 0 Å². The Hall–Kier alpha value is -0.353. The maximum absolute atomic E-state index is 11.4. The van der Waals surface area contributed by atoms with Gasteiger partial charge in [0.25, 0.3) is 0 Å². The molecule has 0 aliphatic rings. The number of carbonyl (C=O) groups is 1. The molecule has 0 rings (SSSR count). The summed E-state index contributed by atoms with van der Waals surface area (Å²) in [4.78, 5) is 11.4. The van der Waals surface area contributed by atoms with Crippen LogP contribution in [-0.4, -0.2) is 27.5 Å². The molecule has 3 nitrogen and oxygen atoms in total. The smallest absolute Gasteiger partial charge is 0.333 e. The Balaban J connectivity index is 4.62. The highest BCUT2D eigenvalue weighted by molar-refractivity contribution is 6.74. The lowest BCUT2D eigenvalue weighted by Crippen LogP contribution is -2.46. The van der Waals surface area contributed by atoms with Gasteiger partial charge in [0.15, 0.2) is 8.32 Å². The molecule has 0 N–H and O–H groups in total. The molecule has 0 heterocycles. The van der Waals surface area contributed by atoms with Gasteiger partial charge < -0.3 is 9.16 Å². The molecule has 90 valence electrons. The summed E-state index contributed by atoms with van der Waals surface area (Å²) in [6.07, 6.45) is 0.259. The number of hydrogen-bond acceptors (Lipinski definition) is 3. The first-order valence-corrected chi connectivity index (χ1v) is 8.32. The van der Waals surface area contributed by atoms with Gasteiger partial charge in [0.2, 0.25) is 0 Å². The van der Waals surface area contributed by atoms with Crippen LogP contribution >= 0.6 is 0 Å². The number of methoxy groups -OCH3 is 1. The van der Waals surface area contributed by atoms with E-state index in [-0.39, 0.29) is 11.0 Å². The van der Waals surface area contributed by atoms with E-state index in [4.69, 9.17) is 9.16 Å². The second-order valence-corrected chi connectivity index (χ2v) is 10.1. The molecule has 0 bridgehead atoms. The first kappa shape index (κ1) is 14.6. The van der Waals surface area contributed by atoms with Gasteiger partial charge in [-0.15, -0.1) is 0 Å². The first-order valence-electron chi connectivity index (χ1n) is 5.41. The highest BCUT2D eigenvalue weighted by atomic mass is 28.4. The van der Waals surface area contributed by atoms with E-state index < -0.39 is 14.4 Å². The zero-order valence-electron chi connectivity index (χ0n) is 11.0. The SMILES string of the molecule is CC[C@H](O[Si](C)(C)C(C)(C)C)C(=O)OC. The molecule has 0 amide bonds. The molecule has 0 fully saturated rings. The summed E-state index contributed by atoms with van der Waals surface area (Å²) in [6.45, 7) is 12.7. The Labute approximate surface area is 94.3 Å². The topological polar surface area (TPSA) is 35.5 Å². The van der Waals surface area contributed by atoms with Gasteiger partial charge in [-0.1, -0.05) is 27.7 Å². The maximum Gasteiger partial charge on any atom is 0.333 e. The van der Waals surface area contributed by atoms with Crippen molar-refractivity contribution in [2.24, 2.45) is 0 Å². The molecule has 0 aromatic rings. The predicted molar refractivity (Wildman–Crippen MR) is 64.4 cm³/mol. The van der Waals surface area contributed by atoms with Crippen LogP contribution < -0.4 is 0 Å². The lowest BCUT2D eigenvalue weighted by atomic mass is 10.2. The number of esters is 1. The Morgan fingerprint density at radius 3 is 2.07 bits per heavy atom. The summed E-state index contributed by atoms with van der Waals surface area (Å²) in [5, 5.41) is 0.119.